The second kappa shape index (κ2) is 7.99. The highest BCUT2D eigenvalue weighted by molar-refractivity contribution is 7.89. The molecular weight excluding hydrogens is 357 g/mol. The number of hydrogen-bond acceptors (Lipinski definition) is 4. The zero-order chi connectivity index (χ0) is 18.6. The highest BCUT2D eigenvalue weighted by atomic mass is 32.2. The summed E-state index contributed by atoms with van der Waals surface area (Å²) < 4.78 is 51.9. The lowest BCUT2D eigenvalue weighted by molar-refractivity contribution is 0.0347. The summed E-state index contributed by atoms with van der Waals surface area (Å²) in [5.74, 6) is -0.551. The maximum Gasteiger partial charge on any atom is 0.247 e. The maximum absolute atomic E-state index is 13.6. The Bertz CT molecular complexity index is 870. The molecule has 2 aromatic rings. The molecular formula is C19H20FNO4S. The van der Waals surface area contributed by atoms with Crippen LogP contribution in [0, 0.1) is 5.82 Å². The van der Waals surface area contributed by atoms with Crippen molar-refractivity contribution in [3.63, 3.8) is 0 Å². The summed E-state index contributed by atoms with van der Waals surface area (Å²) in [4.78, 5) is -0.0497. The standard InChI is InChI=1S/C19H20FNO4S/c1-2-10-21-12-17(14-24-13-15-6-4-3-5-7-15)25-18-11-16(20)8-9-19(18)26(21,22)23/h2-9,11,17H,1,10,12-14H2/t17-/m0/s1. The zero-order valence-corrected chi connectivity index (χ0v) is 15.0. The molecule has 138 valence electrons. The van der Waals surface area contributed by atoms with E-state index in [1.54, 1.807) is 0 Å². The van der Waals surface area contributed by atoms with E-state index in [0.717, 1.165) is 17.7 Å². The molecule has 0 spiro atoms. The fourth-order valence-corrected chi connectivity index (χ4v) is 4.30. The van der Waals surface area contributed by atoms with Gasteiger partial charge in [-0.15, -0.1) is 6.58 Å². The molecule has 0 aliphatic carbocycles. The van der Waals surface area contributed by atoms with E-state index < -0.39 is 21.9 Å². The first-order valence-corrected chi connectivity index (χ1v) is 9.63. The van der Waals surface area contributed by atoms with E-state index in [1.807, 2.05) is 30.3 Å². The van der Waals surface area contributed by atoms with E-state index in [9.17, 15) is 12.8 Å². The Morgan fingerprint density at radius 2 is 2.04 bits per heavy atom. The van der Waals surface area contributed by atoms with Crippen molar-refractivity contribution >= 4 is 10.0 Å². The number of rotatable bonds is 6. The lowest BCUT2D eigenvalue weighted by Gasteiger charge is -2.21. The number of fused-ring (bicyclic) bond motifs is 1. The predicted octanol–water partition coefficient (Wildman–Crippen LogP) is 2.98. The van der Waals surface area contributed by atoms with Crippen LogP contribution in [0.15, 0.2) is 66.1 Å². The lowest BCUT2D eigenvalue weighted by Crippen LogP contribution is -2.39. The van der Waals surface area contributed by atoms with Crippen LogP contribution in [0.25, 0.3) is 0 Å². The first kappa shape index (κ1) is 18.6. The van der Waals surface area contributed by atoms with Crippen molar-refractivity contribution in [2.45, 2.75) is 17.6 Å². The third-order valence-corrected chi connectivity index (χ3v) is 5.84. The minimum atomic E-state index is -3.79. The molecule has 0 amide bonds. The molecule has 2 aromatic carbocycles. The average Bonchev–Trinajstić information content (AvgIpc) is 2.71. The van der Waals surface area contributed by atoms with E-state index in [-0.39, 0.29) is 30.3 Å². The summed E-state index contributed by atoms with van der Waals surface area (Å²) in [6, 6.07) is 13.0. The molecule has 1 aliphatic rings. The Balaban J connectivity index is 1.80. The van der Waals surface area contributed by atoms with Gasteiger partial charge in [0.15, 0.2) is 0 Å². The summed E-state index contributed by atoms with van der Waals surface area (Å²) in [5, 5.41) is 0. The second-order valence-electron chi connectivity index (χ2n) is 5.94. The number of hydrogen-bond donors (Lipinski definition) is 0. The maximum atomic E-state index is 13.6. The monoisotopic (exact) mass is 377 g/mol. The molecule has 1 aliphatic heterocycles. The van der Waals surface area contributed by atoms with Crippen LogP contribution >= 0.6 is 0 Å². The lowest BCUT2D eigenvalue weighted by atomic mass is 10.2. The smallest absolute Gasteiger partial charge is 0.247 e. The van der Waals surface area contributed by atoms with Crippen LogP contribution in [0.2, 0.25) is 0 Å². The van der Waals surface area contributed by atoms with Gasteiger partial charge in [0.05, 0.1) is 19.8 Å². The van der Waals surface area contributed by atoms with Gasteiger partial charge in [-0.1, -0.05) is 36.4 Å². The van der Waals surface area contributed by atoms with Gasteiger partial charge in [0.2, 0.25) is 10.0 Å². The molecule has 0 fully saturated rings. The van der Waals surface area contributed by atoms with E-state index in [2.05, 4.69) is 6.58 Å². The quantitative estimate of drug-likeness (QED) is 0.727. The van der Waals surface area contributed by atoms with Crippen molar-refractivity contribution in [2.75, 3.05) is 19.7 Å². The van der Waals surface area contributed by atoms with E-state index >= 15 is 0 Å². The van der Waals surface area contributed by atoms with Crippen LogP contribution < -0.4 is 4.74 Å². The molecule has 3 rings (SSSR count). The summed E-state index contributed by atoms with van der Waals surface area (Å²) >= 11 is 0. The van der Waals surface area contributed by atoms with Crippen molar-refractivity contribution in [3.8, 4) is 5.75 Å². The molecule has 1 atom stereocenters. The van der Waals surface area contributed by atoms with E-state index in [1.165, 1.54) is 16.4 Å². The molecule has 0 N–H and O–H groups in total. The molecule has 0 bridgehead atoms. The fourth-order valence-electron chi connectivity index (χ4n) is 2.75. The van der Waals surface area contributed by atoms with Crippen LogP contribution in [0.3, 0.4) is 0 Å². The SMILES string of the molecule is C=CCN1C[C@@H](COCc2ccccc2)Oc2cc(F)ccc2S1(=O)=O. The van der Waals surface area contributed by atoms with Gasteiger partial charge < -0.3 is 9.47 Å². The minimum Gasteiger partial charge on any atom is -0.485 e. The molecule has 26 heavy (non-hydrogen) atoms. The topological polar surface area (TPSA) is 55.8 Å². The largest absolute Gasteiger partial charge is 0.485 e. The zero-order valence-electron chi connectivity index (χ0n) is 14.2. The summed E-state index contributed by atoms with van der Waals surface area (Å²) in [5.41, 5.74) is 1.00. The predicted molar refractivity (Wildman–Crippen MR) is 95.9 cm³/mol. The average molecular weight is 377 g/mol. The molecule has 5 nitrogen and oxygen atoms in total. The molecule has 0 saturated heterocycles. The Hall–Kier alpha value is -2.22. The van der Waals surface area contributed by atoms with Crippen LogP contribution in [0.4, 0.5) is 4.39 Å². The molecule has 1 heterocycles. The fraction of sp³-hybridized carbons (Fsp3) is 0.263. The highest BCUT2D eigenvalue weighted by Crippen LogP contribution is 2.31. The minimum absolute atomic E-state index is 0.00451. The van der Waals surface area contributed by atoms with Crippen LogP contribution in [-0.4, -0.2) is 38.5 Å². The van der Waals surface area contributed by atoms with Crippen LogP contribution in [0.1, 0.15) is 5.56 Å². The van der Waals surface area contributed by atoms with Gasteiger partial charge in [-0.2, -0.15) is 4.31 Å². The summed E-state index contributed by atoms with van der Waals surface area (Å²) in [6.07, 6.45) is 0.949. The number of sulfonamides is 1. The van der Waals surface area contributed by atoms with Gasteiger partial charge in [0.25, 0.3) is 0 Å². The van der Waals surface area contributed by atoms with Crippen LogP contribution in [0.5, 0.6) is 5.75 Å². The van der Waals surface area contributed by atoms with E-state index in [4.69, 9.17) is 9.47 Å². The molecule has 7 heteroatoms. The van der Waals surface area contributed by atoms with E-state index in [0.29, 0.717) is 6.61 Å². The van der Waals surface area contributed by atoms with Gasteiger partial charge in [-0.3, -0.25) is 0 Å². The first-order valence-electron chi connectivity index (χ1n) is 8.19. The third kappa shape index (κ3) is 4.12. The highest BCUT2D eigenvalue weighted by Gasteiger charge is 2.34. The van der Waals surface area contributed by atoms with Crippen molar-refractivity contribution in [1.29, 1.82) is 0 Å². The summed E-state index contributed by atoms with van der Waals surface area (Å²) in [6.45, 7) is 4.40. The van der Waals surface area contributed by atoms with Crippen molar-refractivity contribution in [1.82, 2.24) is 4.31 Å². The van der Waals surface area contributed by atoms with Gasteiger partial charge in [0.1, 0.15) is 22.6 Å². The number of halogens is 1. The van der Waals surface area contributed by atoms with Gasteiger partial charge in [-0.25, -0.2) is 12.8 Å². The normalized spacial score (nSPS) is 19.2. The Morgan fingerprint density at radius 3 is 2.77 bits per heavy atom. The Morgan fingerprint density at radius 1 is 1.27 bits per heavy atom. The Kier molecular flexibility index (Phi) is 5.70. The number of nitrogens with zero attached hydrogens (tertiary/aromatic N) is 1. The molecule has 0 radical (unpaired) electrons. The number of ether oxygens (including phenoxy) is 2. The van der Waals surface area contributed by atoms with Gasteiger partial charge in [-0.05, 0) is 17.7 Å². The molecule has 0 aromatic heterocycles. The molecule has 0 unspecified atom stereocenters. The van der Waals surface area contributed by atoms with Crippen molar-refractivity contribution in [3.05, 3.63) is 72.6 Å². The second-order valence-corrected chi connectivity index (χ2v) is 7.85. The van der Waals surface area contributed by atoms with Crippen molar-refractivity contribution < 1.29 is 22.3 Å². The van der Waals surface area contributed by atoms with Gasteiger partial charge in [0, 0.05) is 12.6 Å². The summed E-state index contributed by atoms with van der Waals surface area (Å²) in [7, 11) is -3.79. The number of benzene rings is 2. The first-order chi connectivity index (χ1) is 12.5. The van der Waals surface area contributed by atoms with Crippen molar-refractivity contribution in [2.24, 2.45) is 0 Å². The molecule has 0 saturated carbocycles. The Labute approximate surface area is 152 Å². The third-order valence-electron chi connectivity index (χ3n) is 3.97. The van der Waals surface area contributed by atoms with Gasteiger partial charge >= 0.3 is 0 Å². The van der Waals surface area contributed by atoms with Crippen LogP contribution in [-0.2, 0) is 21.4 Å².